The van der Waals surface area contributed by atoms with Gasteiger partial charge in [-0.05, 0) is 65.1 Å². The molecule has 1 aliphatic heterocycles. The van der Waals surface area contributed by atoms with E-state index < -0.39 is 0 Å². The molecule has 0 bridgehead atoms. The van der Waals surface area contributed by atoms with Gasteiger partial charge >= 0.3 is 0 Å². The van der Waals surface area contributed by atoms with Gasteiger partial charge in [0, 0.05) is 44.6 Å². The molecule has 0 radical (unpaired) electrons. The van der Waals surface area contributed by atoms with Gasteiger partial charge in [0.2, 0.25) is 0 Å². The first-order valence-corrected chi connectivity index (χ1v) is 10.0. The molecule has 6 heteroatoms. The number of aryl methyl sites for hydroxylation is 1. The lowest BCUT2D eigenvalue weighted by molar-refractivity contribution is 0.158. The number of hydrogen-bond acceptors (Lipinski definition) is 3. The Hall–Kier alpha value is -1.56. The number of aliphatic imine (C=N–C) groups is 1. The smallest absolute Gasteiger partial charge is 0.191 e. The number of likely N-dealkylation sites (tertiary alicyclic amines) is 1. The molecule has 2 heterocycles. The summed E-state index contributed by atoms with van der Waals surface area (Å²) in [6.07, 6.45) is 11.4. The van der Waals surface area contributed by atoms with Gasteiger partial charge in [0.1, 0.15) is 0 Å². The maximum Gasteiger partial charge on any atom is 0.191 e. The summed E-state index contributed by atoms with van der Waals surface area (Å²) in [5, 5.41) is 11.0. The molecule has 1 saturated heterocycles. The van der Waals surface area contributed by atoms with Crippen molar-refractivity contribution < 1.29 is 0 Å². The molecule has 25 heavy (non-hydrogen) atoms. The Bertz CT molecular complexity index is 470. The van der Waals surface area contributed by atoms with Gasteiger partial charge in [0.25, 0.3) is 0 Å². The summed E-state index contributed by atoms with van der Waals surface area (Å²) in [7, 11) is 0. The van der Waals surface area contributed by atoms with Crippen molar-refractivity contribution in [3.63, 3.8) is 0 Å². The lowest BCUT2D eigenvalue weighted by Gasteiger charge is -2.33. The lowest BCUT2D eigenvalue weighted by Crippen LogP contribution is -2.39. The number of hydrogen-bond donors (Lipinski definition) is 2. The van der Waals surface area contributed by atoms with Crippen molar-refractivity contribution in [3.05, 3.63) is 18.5 Å². The quantitative estimate of drug-likeness (QED) is 0.387. The first kappa shape index (κ1) is 19.8. The van der Waals surface area contributed by atoms with Crippen LogP contribution in [0.3, 0.4) is 0 Å². The molecule has 2 N–H and O–H groups in total. The van der Waals surface area contributed by atoms with Crippen LogP contribution in [0.15, 0.2) is 23.5 Å². The van der Waals surface area contributed by atoms with E-state index in [4.69, 9.17) is 0 Å². The van der Waals surface area contributed by atoms with E-state index in [0.717, 1.165) is 44.6 Å². The normalized spacial score (nSPS) is 19.1. The van der Waals surface area contributed by atoms with Gasteiger partial charge in [-0.25, -0.2) is 0 Å². The van der Waals surface area contributed by atoms with Crippen LogP contribution in [0.25, 0.3) is 0 Å². The van der Waals surface area contributed by atoms with E-state index in [1.807, 2.05) is 23.1 Å². The molecule has 0 aliphatic carbocycles. The van der Waals surface area contributed by atoms with Crippen LogP contribution in [0.4, 0.5) is 0 Å². The van der Waals surface area contributed by atoms with Crippen LogP contribution in [-0.2, 0) is 6.54 Å². The third-order valence-corrected chi connectivity index (χ3v) is 4.82. The van der Waals surface area contributed by atoms with E-state index in [1.165, 1.54) is 45.2 Å². The Morgan fingerprint density at radius 3 is 2.88 bits per heavy atom. The van der Waals surface area contributed by atoms with E-state index in [-0.39, 0.29) is 0 Å². The molecule has 0 saturated carbocycles. The summed E-state index contributed by atoms with van der Waals surface area (Å²) in [5.74, 6) is 0.939. The van der Waals surface area contributed by atoms with E-state index >= 15 is 0 Å². The molecule has 1 aliphatic rings. The molecular formula is C19H36N6. The largest absolute Gasteiger partial charge is 0.357 e. The first-order chi connectivity index (χ1) is 12.3. The van der Waals surface area contributed by atoms with Crippen LogP contribution in [0.1, 0.15) is 52.4 Å². The van der Waals surface area contributed by atoms with Crippen molar-refractivity contribution in [3.8, 4) is 0 Å². The fourth-order valence-electron chi connectivity index (χ4n) is 3.33. The fraction of sp³-hybridized carbons (Fsp3) is 0.789. The highest BCUT2D eigenvalue weighted by Gasteiger charge is 2.16. The van der Waals surface area contributed by atoms with Gasteiger partial charge in [-0.1, -0.05) is 6.42 Å². The summed E-state index contributed by atoms with van der Waals surface area (Å²) in [6.45, 7) is 10.6. The van der Waals surface area contributed by atoms with E-state index in [1.54, 1.807) is 0 Å². The minimum absolute atomic E-state index is 0.773. The van der Waals surface area contributed by atoms with Gasteiger partial charge in [-0.15, -0.1) is 0 Å². The van der Waals surface area contributed by atoms with Crippen LogP contribution >= 0.6 is 0 Å². The van der Waals surface area contributed by atoms with Crippen molar-refractivity contribution in [2.24, 2.45) is 4.99 Å². The summed E-state index contributed by atoms with van der Waals surface area (Å²) in [6, 6.07) is 2.73. The van der Waals surface area contributed by atoms with Crippen LogP contribution in [0, 0.1) is 0 Å². The molecule has 1 unspecified atom stereocenters. The highest BCUT2D eigenvalue weighted by atomic mass is 15.3. The Morgan fingerprint density at radius 1 is 1.20 bits per heavy atom. The SMILES string of the molecule is CCNC(=NCCCn1cccn1)NCCCCN1CCCCC1C. The van der Waals surface area contributed by atoms with Crippen molar-refractivity contribution in [2.75, 3.05) is 32.7 Å². The number of piperidine rings is 1. The summed E-state index contributed by atoms with van der Waals surface area (Å²) in [4.78, 5) is 7.31. The lowest BCUT2D eigenvalue weighted by atomic mass is 10.0. The van der Waals surface area contributed by atoms with Crippen LogP contribution < -0.4 is 10.6 Å². The Balaban J connectivity index is 1.57. The predicted molar refractivity (Wildman–Crippen MR) is 105 cm³/mol. The summed E-state index contributed by atoms with van der Waals surface area (Å²) in [5.41, 5.74) is 0. The molecule has 2 rings (SSSR count). The Kier molecular flexibility index (Phi) is 9.41. The van der Waals surface area contributed by atoms with Crippen molar-refractivity contribution in [1.82, 2.24) is 25.3 Å². The predicted octanol–water partition coefficient (Wildman–Crippen LogP) is 2.48. The average molecular weight is 349 g/mol. The maximum absolute atomic E-state index is 4.66. The van der Waals surface area contributed by atoms with Crippen molar-refractivity contribution >= 4 is 5.96 Å². The highest BCUT2D eigenvalue weighted by molar-refractivity contribution is 5.79. The second kappa shape index (κ2) is 11.9. The third kappa shape index (κ3) is 7.90. The topological polar surface area (TPSA) is 57.5 Å². The average Bonchev–Trinajstić information content (AvgIpc) is 3.13. The molecule has 1 atom stereocenters. The van der Waals surface area contributed by atoms with Gasteiger partial charge in [0.05, 0.1) is 0 Å². The standard InChI is InChI=1S/C19H36N6/c1-3-20-19(22-12-8-16-25-17-9-13-23-25)21-11-5-7-15-24-14-6-4-10-18(24)2/h9,13,17-18H,3-8,10-12,14-16H2,1-2H3,(H2,20,21,22). The van der Waals surface area contributed by atoms with Gasteiger partial charge < -0.3 is 15.5 Å². The molecule has 0 aromatic carbocycles. The summed E-state index contributed by atoms with van der Waals surface area (Å²) < 4.78 is 1.96. The molecule has 1 fully saturated rings. The zero-order valence-electron chi connectivity index (χ0n) is 16.1. The van der Waals surface area contributed by atoms with E-state index in [0.29, 0.717) is 0 Å². The minimum atomic E-state index is 0.773. The van der Waals surface area contributed by atoms with Crippen LogP contribution in [0.5, 0.6) is 0 Å². The molecule has 142 valence electrons. The third-order valence-electron chi connectivity index (χ3n) is 4.82. The minimum Gasteiger partial charge on any atom is -0.357 e. The van der Waals surface area contributed by atoms with Gasteiger partial charge in [0.15, 0.2) is 5.96 Å². The van der Waals surface area contributed by atoms with E-state index in [2.05, 4.69) is 39.5 Å². The van der Waals surface area contributed by atoms with Gasteiger partial charge in [-0.2, -0.15) is 5.10 Å². The second-order valence-electron chi connectivity index (χ2n) is 6.90. The number of nitrogens with one attached hydrogen (secondary N) is 2. The molecule has 6 nitrogen and oxygen atoms in total. The number of unbranched alkanes of at least 4 members (excludes halogenated alkanes) is 1. The fourth-order valence-corrected chi connectivity index (χ4v) is 3.33. The van der Waals surface area contributed by atoms with Crippen LogP contribution in [0.2, 0.25) is 0 Å². The second-order valence-corrected chi connectivity index (χ2v) is 6.90. The number of aromatic nitrogens is 2. The summed E-state index contributed by atoms with van der Waals surface area (Å²) >= 11 is 0. The molecule has 1 aromatic heterocycles. The molecular weight excluding hydrogens is 312 g/mol. The number of nitrogens with zero attached hydrogens (tertiary/aromatic N) is 4. The number of rotatable bonds is 10. The molecule has 0 spiro atoms. The monoisotopic (exact) mass is 348 g/mol. The Labute approximate surface area is 153 Å². The molecule has 0 amide bonds. The first-order valence-electron chi connectivity index (χ1n) is 10.0. The zero-order valence-corrected chi connectivity index (χ0v) is 16.1. The highest BCUT2D eigenvalue weighted by Crippen LogP contribution is 2.16. The van der Waals surface area contributed by atoms with Gasteiger partial charge in [-0.3, -0.25) is 9.67 Å². The van der Waals surface area contributed by atoms with E-state index in [9.17, 15) is 0 Å². The van der Waals surface area contributed by atoms with Crippen molar-refractivity contribution in [2.45, 2.75) is 65.0 Å². The van der Waals surface area contributed by atoms with Crippen molar-refractivity contribution in [1.29, 1.82) is 0 Å². The van der Waals surface area contributed by atoms with Crippen LogP contribution in [-0.4, -0.2) is 59.4 Å². The zero-order chi connectivity index (χ0) is 17.7. The maximum atomic E-state index is 4.66. The Morgan fingerprint density at radius 2 is 2.12 bits per heavy atom. The number of guanidine groups is 1. The molecule has 1 aromatic rings.